The topological polar surface area (TPSA) is 85.6 Å². The lowest BCUT2D eigenvalue weighted by Crippen LogP contribution is -2.30. The fourth-order valence-electron chi connectivity index (χ4n) is 1.95. The molecule has 0 bridgehead atoms. The molecule has 112 valence electrons. The lowest BCUT2D eigenvalue weighted by Gasteiger charge is -2.10. The van der Waals surface area contributed by atoms with Gasteiger partial charge in [0.2, 0.25) is 0 Å². The van der Waals surface area contributed by atoms with E-state index in [1.54, 1.807) is 13.0 Å². The maximum Gasteiger partial charge on any atom is 0.320 e. The van der Waals surface area contributed by atoms with Crippen molar-refractivity contribution >= 4 is 11.8 Å². The average molecular weight is 283 g/mol. The summed E-state index contributed by atoms with van der Waals surface area (Å²) in [5.41, 5.74) is 0. The number of rotatable bonds is 7. The molecule has 7 heteroatoms. The van der Waals surface area contributed by atoms with Crippen LogP contribution in [0.1, 0.15) is 25.0 Å². The minimum atomic E-state index is -0.294. The highest BCUT2D eigenvalue weighted by Crippen LogP contribution is 2.11. The molecule has 7 nitrogen and oxygen atoms in total. The molecule has 0 radical (unpaired) electrons. The van der Waals surface area contributed by atoms with Crippen molar-refractivity contribution in [3.63, 3.8) is 0 Å². The Kier molecular flexibility index (Phi) is 5.82. The molecular formula is C13H21N3O4. The average Bonchev–Trinajstić information content (AvgIpc) is 3.05. The highest BCUT2D eigenvalue weighted by Gasteiger charge is 2.14. The summed E-state index contributed by atoms with van der Waals surface area (Å²) in [6.07, 6.45) is 3.22. The van der Waals surface area contributed by atoms with Crippen LogP contribution in [0.15, 0.2) is 10.6 Å². The minimum Gasteiger partial charge on any atom is -0.379 e. The Hall–Kier alpha value is -1.60. The van der Waals surface area contributed by atoms with Crippen LogP contribution in [0, 0.1) is 6.92 Å². The van der Waals surface area contributed by atoms with Gasteiger partial charge in [0.15, 0.2) is 5.82 Å². The summed E-state index contributed by atoms with van der Waals surface area (Å²) in [6.45, 7) is 4.42. The van der Waals surface area contributed by atoms with Crippen LogP contribution in [0.4, 0.5) is 10.6 Å². The highest BCUT2D eigenvalue weighted by atomic mass is 16.5. The Balaban J connectivity index is 1.47. The van der Waals surface area contributed by atoms with Gasteiger partial charge in [0.25, 0.3) is 0 Å². The molecule has 2 N–H and O–H groups in total. The van der Waals surface area contributed by atoms with E-state index in [2.05, 4.69) is 15.8 Å². The fraction of sp³-hybridized carbons (Fsp3) is 0.692. The lowest BCUT2D eigenvalue weighted by molar-refractivity contribution is 0.0168. The van der Waals surface area contributed by atoms with Crippen molar-refractivity contribution in [3.8, 4) is 0 Å². The quantitative estimate of drug-likeness (QED) is 0.744. The van der Waals surface area contributed by atoms with Crippen molar-refractivity contribution in [1.82, 2.24) is 10.5 Å². The fourth-order valence-corrected chi connectivity index (χ4v) is 1.95. The number of amides is 2. The van der Waals surface area contributed by atoms with E-state index in [9.17, 15) is 4.79 Å². The zero-order valence-corrected chi connectivity index (χ0v) is 11.7. The number of aryl methyl sites for hydroxylation is 1. The van der Waals surface area contributed by atoms with Gasteiger partial charge in [-0.3, -0.25) is 5.32 Å². The van der Waals surface area contributed by atoms with Crippen LogP contribution in [-0.2, 0) is 9.47 Å². The number of carbonyl (C=O) groups is 1. The first-order valence-corrected chi connectivity index (χ1v) is 6.91. The Morgan fingerprint density at radius 2 is 2.50 bits per heavy atom. The second-order valence-electron chi connectivity index (χ2n) is 4.77. The van der Waals surface area contributed by atoms with E-state index in [1.807, 2.05) is 0 Å². The van der Waals surface area contributed by atoms with Gasteiger partial charge in [-0.05, 0) is 26.2 Å². The largest absolute Gasteiger partial charge is 0.379 e. The monoisotopic (exact) mass is 283 g/mol. The lowest BCUT2D eigenvalue weighted by atomic mass is 10.2. The third kappa shape index (κ3) is 5.18. The van der Waals surface area contributed by atoms with Crippen molar-refractivity contribution in [2.45, 2.75) is 32.3 Å². The first-order valence-electron chi connectivity index (χ1n) is 6.91. The summed E-state index contributed by atoms with van der Waals surface area (Å²) in [5.74, 6) is 1.07. The number of hydrogen-bond acceptors (Lipinski definition) is 5. The van der Waals surface area contributed by atoms with Gasteiger partial charge in [0, 0.05) is 25.8 Å². The van der Waals surface area contributed by atoms with Crippen LogP contribution in [-0.4, -0.2) is 43.7 Å². The Morgan fingerprint density at radius 1 is 1.60 bits per heavy atom. The smallest absolute Gasteiger partial charge is 0.320 e. The number of carbonyl (C=O) groups excluding carboxylic acids is 1. The predicted molar refractivity (Wildman–Crippen MR) is 72.7 cm³/mol. The molecule has 0 aliphatic carbocycles. The number of hydrogen-bond donors (Lipinski definition) is 2. The van der Waals surface area contributed by atoms with Gasteiger partial charge in [-0.15, -0.1) is 0 Å². The predicted octanol–water partition coefficient (Wildman–Crippen LogP) is 1.69. The molecule has 1 aromatic rings. The molecule has 0 spiro atoms. The standard InChI is InChI=1S/C13H21N3O4/c1-10-8-12(16-20-10)15-13(17)14-5-3-6-18-9-11-4-2-7-19-11/h8,11H,2-7,9H2,1H3,(H2,14,15,16,17). The summed E-state index contributed by atoms with van der Waals surface area (Å²) >= 11 is 0. The highest BCUT2D eigenvalue weighted by molar-refractivity contribution is 5.88. The maximum absolute atomic E-state index is 11.5. The number of aromatic nitrogens is 1. The van der Waals surface area contributed by atoms with Crippen LogP contribution in [0.3, 0.4) is 0 Å². The Bertz CT molecular complexity index is 416. The van der Waals surface area contributed by atoms with Gasteiger partial charge in [0.05, 0.1) is 12.7 Å². The molecule has 1 aliphatic rings. The van der Waals surface area contributed by atoms with E-state index in [-0.39, 0.29) is 12.1 Å². The second kappa shape index (κ2) is 7.86. The molecule has 1 unspecified atom stereocenters. The SMILES string of the molecule is Cc1cc(NC(=O)NCCCOCC2CCCO2)no1. The molecule has 2 rings (SSSR count). The van der Waals surface area contributed by atoms with Crippen LogP contribution in [0.2, 0.25) is 0 Å². The zero-order valence-electron chi connectivity index (χ0n) is 11.7. The van der Waals surface area contributed by atoms with Gasteiger partial charge in [-0.1, -0.05) is 5.16 Å². The van der Waals surface area contributed by atoms with Gasteiger partial charge in [-0.2, -0.15) is 0 Å². The summed E-state index contributed by atoms with van der Waals surface area (Å²) in [4.78, 5) is 11.5. The minimum absolute atomic E-state index is 0.252. The third-order valence-corrected chi connectivity index (χ3v) is 2.95. The molecule has 20 heavy (non-hydrogen) atoms. The van der Waals surface area contributed by atoms with Crippen molar-refractivity contribution < 1.29 is 18.8 Å². The molecule has 1 saturated heterocycles. The molecule has 1 aromatic heterocycles. The Labute approximate surface area is 118 Å². The van der Waals surface area contributed by atoms with E-state index in [0.29, 0.717) is 31.3 Å². The molecular weight excluding hydrogens is 262 g/mol. The van der Waals surface area contributed by atoms with Gasteiger partial charge in [0.1, 0.15) is 5.76 Å². The van der Waals surface area contributed by atoms with Crippen LogP contribution < -0.4 is 10.6 Å². The van der Waals surface area contributed by atoms with E-state index < -0.39 is 0 Å². The van der Waals surface area contributed by atoms with Gasteiger partial charge >= 0.3 is 6.03 Å². The van der Waals surface area contributed by atoms with E-state index in [4.69, 9.17) is 14.0 Å². The van der Waals surface area contributed by atoms with E-state index in [1.165, 1.54) is 0 Å². The Morgan fingerprint density at radius 3 is 3.20 bits per heavy atom. The number of ether oxygens (including phenoxy) is 2. The second-order valence-corrected chi connectivity index (χ2v) is 4.77. The number of urea groups is 1. The van der Waals surface area contributed by atoms with Crippen LogP contribution >= 0.6 is 0 Å². The molecule has 0 aromatic carbocycles. The molecule has 2 heterocycles. The molecule has 1 atom stereocenters. The molecule has 0 saturated carbocycles. The van der Waals surface area contributed by atoms with Crippen molar-refractivity contribution in [1.29, 1.82) is 0 Å². The normalized spacial score (nSPS) is 18.1. The van der Waals surface area contributed by atoms with Crippen LogP contribution in [0.25, 0.3) is 0 Å². The van der Waals surface area contributed by atoms with Gasteiger partial charge < -0.3 is 19.3 Å². The van der Waals surface area contributed by atoms with Crippen molar-refractivity contribution in [2.75, 3.05) is 31.7 Å². The zero-order chi connectivity index (χ0) is 14.2. The van der Waals surface area contributed by atoms with Crippen LogP contribution in [0.5, 0.6) is 0 Å². The third-order valence-electron chi connectivity index (χ3n) is 2.95. The molecule has 1 fully saturated rings. The number of nitrogens with zero attached hydrogens (tertiary/aromatic N) is 1. The van der Waals surface area contributed by atoms with Crippen molar-refractivity contribution in [2.24, 2.45) is 0 Å². The van der Waals surface area contributed by atoms with Gasteiger partial charge in [-0.25, -0.2) is 4.79 Å². The summed E-state index contributed by atoms with van der Waals surface area (Å²) < 4.78 is 15.8. The van der Waals surface area contributed by atoms with E-state index in [0.717, 1.165) is 25.9 Å². The van der Waals surface area contributed by atoms with Crippen molar-refractivity contribution in [3.05, 3.63) is 11.8 Å². The first-order chi connectivity index (χ1) is 9.74. The molecule has 1 aliphatic heterocycles. The first kappa shape index (κ1) is 14.8. The summed E-state index contributed by atoms with van der Waals surface area (Å²) in [7, 11) is 0. The summed E-state index contributed by atoms with van der Waals surface area (Å²) in [5, 5.41) is 8.98. The molecule has 2 amide bonds. The number of nitrogens with one attached hydrogen (secondary N) is 2. The van der Waals surface area contributed by atoms with E-state index >= 15 is 0 Å². The summed E-state index contributed by atoms with van der Waals surface area (Å²) in [6, 6.07) is 1.36. The number of anilines is 1. The maximum atomic E-state index is 11.5.